The van der Waals surface area contributed by atoms with Crippen molar-refractivity contribution >= 4 is 22.3 Å². The minimum absolute atomic E-state index is 0.202. The molecule has 0 amide bonds. The van der Waals surface area contributed by atoms with E-state index in [4.69, 9.17) is 4.74 Å². The van der Waals surface area contributed by atoms with Gasteiger partial charge < -0.3 is 10.1 Å². The molecule has 1 heterocycles. The first kappa shape index (κ1) is 13.6. The van der Waals surface area contributed by atoms with Crippen molar-refractivity contribution in [2.45, 2.75) is 0 Å². The van der Waals surface area contributed by atoms with Crippen LogP contribution in [0, 0.1) is 11.6 Å². The molecule has 0 atom stereocenters. The summed E-state index contributed by atoms with van der Waals surface area (Å²) in [4.78, 5) is 0. The number of anilines is 2. The van der Waals surface area contributed by atoms with Gasteiger partial charge in [-0.15, -0.1) is 0 Å². The maximum atomic E-state index is 13.8. The number of hydrogen-bond donors (Lipinski definition) is 3. The van der Waals surface area contributed by atoms with E-state index in [0.29, 0.717) is 0 Å². The smallest absolute Gasteiger partial charge is 0.165 e. The van der Waals surface area contributed by atoms with E-state index in [0.717, 1.165) is 33.5 Å². The number of halogens is 2. The maximum Gasteiger partial charge on any atom is 0.165 e. The lowest BCUT2D eigenvalue weighted by Gasteiger charge is -2.04. The quantitative estimate of drug-likeness (QED) is 0.516. The van der Waals surface area contributed by atoms with Gasteiger partial charge in [-0.05, 0) is 47.9 Å². The standard InChI is InChI=1S/C17H13F2N3O/c1-23-15-8-12-9(7-14(15)19)6-13-16(12)21-22-17(13)20-11-4-2-10(18)3-5-11/h2-8,20-22H,1H3. The zero-order valence-corrected chi connectivity index (χ0v) is 12.2. The number of ether oxygens (including phenoxy) is 1. The second-order valence-corrected chi connectivity index (χ2v) is 5.26. The van der Waals surface area contributed by atoms with Gasteiger partial charge in [0.15, 0.2) is 11.6 Å². The summed E-state index contributed by atoms with van der Waals surface area (Å²) in [6.45, 7) is 0. The number of fused-ring (bicyclic) bond motifs is 3. The van der Waals surface area contributed by atoms with Gasteiger partial charge in [0.05, 0.1) is 12.8 Å². The van der Waals surface area contributed by atoms with Crippen molar-refractivity contribution in [1.82, 2.24) is 10.2 Å². The summed E-state index contributed by atoms with van der Waals surface area (Å²) in [7, 11) is 1.44. The minimum atomic E-state index is -0.398. The second-order valence-electron chi connectivity index (χ2n) is 5.26. The van der Waals surface area contributed by atoms with Gasteiger partial charge >= 0.3 is 0 Å². The van der Waals surface area contributed by atoms with Crippen molar-refractivity contribution in [2.75, 3.05) is 12.4 Å². The Kier molecular flexibility index (Phi) is 2.97. The van der Waals surface area contributed by atoms with Gasteiger partial charge in [0.1, 0.15) is 11.6 Å². The summed E-state index contributed by atoms with van der Waals surface area (Å²) in [6.07, 6.45) is 0. The van der Waals surface area contributed by atoms with Gasteiger partial charge in [0.2, 0.25) is 0 Å². The zero-order valence-electron chi connectivity index (χ0n) is 12.2. The number of rotatable bonds is 3. The van der Waals surface area contributed by atoms with Crippen molar-refractivity contribution in [3.8, 4) is 17.0 Å². The Labute approximate surface area is 130 Å². The fraction of sp³-hybridized carbons (Fsp3) is 0.0588. The summed E-state index contributed by atoms with van der Waals surface area (Å²) in [5.41, 5.74) is 2.48. The molecule has 23 heavy (non-hydrogen) atoms. The summed E-state index contributed by atoms with van der Waals surface area (Å²) >= 11 is 0. The van der Waals surface area contributed by atoms with E-state index in [1.54, 1.807) is 18.2 Å². The molecule has 2 aromatic carbocycles. The lowest BCUT2D eigenvalue weighted by atomic mass is 10.2. The molecule has 4 rings (SSSR count). The molecule has 116 valence electrons. The van der Waals surface area contributed by atoms with Crippen molar-refractivity contribution in [1.29, 1.82) is 0 Å². The minimum Gasteiger partial charge on any atom is -0.494 e. The van der Waals surface area contributed by atoms with Gasteiger partial charge in [-0.1, -0.05) is 0 Å². The third-order valence-electron chi connectivity index (χ3n) is 3.86. The molecule has 0 radical (unpaired) electrons. The van der Waals surface area contributed by atoms with Crippen molar-refractivity contribution < 1.29 is 13.5 Å². The number of methoxy groups -OCH3 is 1. The van der Waals surface area contributed by atoms with E-state index < -0.39 is 5.82 Å². The van der Waals surface area contributed by atoms with Crippen molar-refractivity contribution in [2.24, 2.45) is 0 Å². The van der Waals surface area contributed by atoms with Crippen LogP contribution in [0.15, 0.2) is 42.5 Å². The number of nitrogens with one attached hydrogen (secondary N) is 3. The molecule has 0 aromatic heterocycles. The SMILES string of the molecule is COc1cc2c3[nH][nH]c(Nc4ccc(F)cc4)c-3cc2cc1F. The van der Waals surface area contributed by atoms with Gasteiger partial charge in [0.25, 0.3) is 0 Å². The van der Waals surface area contributed by atoms with Crippen LogP contribution in [-0.4, -0.2) is 17.3 Å². The molecule has 0 fully saturated rings. The fourth-order valence-electron chi connectivity index (χ4n) is 2.73. The van der Waals surface area contributed by atoms with Crippen LogP contribution < -0.4 is 10.1 Å². The highest BCUT2D eigenvalue weighted by atomic mass is 19.1. The summed E-state index contributed by atoms with van der Waals surface area (Å²) in [5, 5.41) is 10.9. The molecule has 2 aromatic rings. The second kappa shape index (κ2) is 5.01. The Morgan fingerprint density at radius 1 is 1.00 bits per heavy atom. The molecule has 0 unspecified atom stereocenters. The zero-order chi connectivity index (χ0) is 16.0. The summed E-state index contributed by atoms with van der Waals surface area (Å²) < 4.78 is 31.9. The van der Waals surface area contributed by atoms with Crippen LogP contribution in [0.5, 0.6) is 5.75 Å². The van der Waals surface area contributed by atoms with Gasteiger partial charge in [-0.25, -0.2) is 8.78 Å². The topological polar surface area (TPSA) is 52.8 Å². The van der Waals surface area contributed by atoms with Crippen LogP contribution in [0.4, 0.5) is 20.3 Å². The third kappa shape index (κ3) is 2.19. The maximum absolute atomic E-state index is 13.8. The first-order valence-corrected chi connectivity index (χ1v) is 7.04. The molecule has 6 heteroatoms. The predicted octanol–water partition coefficient (Wildman–Crippen LogP) is 4.63. The molecule has 0 saturated heterocycles. The highest BCUT2D eigenvalue weighted by Crippen LogP contribution is 2.40. The van der Waals surface area contributed by atoms with E-state index in [2.05, 4.69) is 15.5 Å². The Morgan fingerprint density at radius 2 is 1.78 bits per heavy atom. The Hall–Kier alpha value is -3.02. The fourth-order valence-corrected chi connectivity index (χ4v) is 2.73. The Morgan fingerprint density at radius 3 is 2.52 bits per heavy atom. The molecule has 2 aliphatic rings. The average Bonchev–Trinajstić information content (AvgIpc) is 3.08. The van der Waals surface area contributed by atoms with Crippen LogP contribution in [0.1, 0.15) is 0 Å². The number of H-pyrrole nitrogens is 2. The number of aromatic amines is 2. The number of aromatic nitrogens is 2. The monoisotopic (exact) mass is 313 g/mol. The summed E-state index contributed by atoms with van der Waals surface area (Å²) in [5.74, 6) is 0.236. The molecule has 0 saturated carbocycles. The van der Waals surface area contributed by atoms with Crippen molar-refractivity contribution in [3.05, 3.63) is 54.1 Å². The Bertz CT molecular complexity index is 956. The predicted molar refractivity (Wildman–Crippen MR) is 85.5 cm³/mol. The number of benzene rings is 2. The van der Waals surface area contributed by atoms with Gasteiger partial charge in [-0.3, -0.25) is 10.2 Å². The first-order valence-electron chi connectivity index (χ1n) is 7.04. The van der Waals surface area contributed by atoms with E-state index >= 15 is 0 Å². The normalized spacial score (nSPS) is 11.3. The van der Waals surface area contributed by atoms with Crippen LogP contribution in [0.25, 0.3) is 22.0 Å². The molecule has 4 nitrogen and oxygen atoms in total. The van der Waals surface area contributed by atoms with Crippen LogP contribution >= 0.6 is 0 Å². The molecule has 1 aliphatic heterocycles. The highest BCUT2D eigenvalue weighted by molar-refractivity contribution is 6.04. The van der Waals surface area contributed by atoms with E-state index in [1.807, 2.05) is 6.07 Å². The van der Waals surface area contributed by atoms with Gasteiger partial charge in [-0.2, -0.15) is 0 Å². The van der Waals surface area contributed by atoms with E-state index in [1.165, 1.54) is 25.3 Å². The van der Waals surface area contributed by atoms with Crippen LogP contribution in [-0.2, 0) is 0 Å². The lowest BCUT2D eigenvalue weighted by molar-refractivity contribution is 0.387. The van der Waals surface area contributed by atoms with Gasteiger partial charge in [0, 0.05) is 16.6 Å². The molecule has 0 spiro atoms. The molecule has 1 aliphatic carbocycles. The lowest BCUT2D eigenvalue weighted by Crippen LogP contribution is -1.91. The largest absolute Gasteiger partial charge is 0.494 e. The number of hydrogen-bond acceptors (Lipinski definition) is 2. The molecule has 3 N–H and O–H groups in total. The summed E-state index contributed by atoms with van der Waals surface area (Å²) in [6, 6.07) is 11.1. The molecule has 0 bridgehead atoms. The van der Waals surface area contributed by atoms with Crippen molar-refractivity contribution in [3.63, 3.8) is 0 Å². The van der Waals surface area contributed by atoms with E-state index in [9.17, 15) is 8.78 Å². The average molecular weight is 313 g/mol. The molecular formula is C17H13F2N3O. The first-order chi connectivity index (χ1) is 11.2. The molecular weight excluding hydrogens is 300 g/mol. The third-order valence-corrected chi connectivity index (χ3v) is 3.86. The highest BCUT2D eigenvalue weighted by Gasteiger charge is 2.19. The van der Waals surface area contributed by atoms with Crippen LogP contribution in [0.2, 0.25) is 0 Å². The van der Waals surface area contributed by atoms with Crippen LogP contribution in [0.3, 0.4) is 0 Å². The van der Waals surface area contributed by atoms with E-state index in [-0.39, 0.29) is 11.6 Å². The Balaban J connectivity index is 1.78.